The van der Waals surface area contributed by atoms with E-state index in [1.807, 2.05) is 55.5 Å². The molecule has 1 heterocycles. The van der Waals surface area contributed by atoms with Gasteiger partial charge in [0.15, 0.2) is 5.75 Å². The fourth-order valence-electron chi connectivity index (χ4n) is 3.41. The molecule has 168 valence electrons. The highest BCUT2D eigenvalue weighted by Gasteiger charge is 2.33. The van der Waals surface area contributed by atoms with Crippen LogP contribution in [0.15, 0.2) is 75.3 Å². The van der Waals surface area contributed by atoms with Gasteiger partial charge in [0.1, 0.15) is 12.3 Å². The van der Waals surface area contributed by atoms with E-state index in [4.69, 9.17) is 16.3 Å². The fraction of sp³-hybridized carbons (Fsp3) is 0.120. The van der Waals surface area contributed by atoms with Gasteiger partial charge in [-0.05, 0) is 69.9 Å². The van der Waals surface area contributed by atoms with Crippen LogP contribution in [0.5, 0.6) is 5.75 Å². The van der Waals surface area contributed by atoms with Gasteiger partial charge in [-0.3, -0.25) is 9.69 Å². The van der Waals surface area contributed by atoms with Gasteiger partial charge in [0.2, 0.25) is 0 Å². The molecule has 1 aliphatic heterocycles. The molecular formula is C25H19Br2ClN2O3. The minimum Gasteiger partial charge on any atom is -0.486 e. The highest BCUT2D eigenvalue weighted by atomic mass is 79.9. The van der Waals surface area contributed by atoms with E-state index in [0.717, 1.165) is 21.2 Å². The van der Waals surface area contributed by atoms with Crippen molar-refractivity contribution in [3.05, 3.63) is 103 Å². The van der Waals surface area contributed by atoms with Crippen LogP contribution in [0.2, 0.25) is 5.02 Å². The first-order chi connectivity index (χ1) is 15.8. The Morgan fingerprint density at radius 2 is 1.79 bits per heavy atom. The summed E-state index contributed by atoms with van der Waals surface area (Å²) in [5, 5.41) is 3.04. The third kappa shape index (κ3) is 5.66. The number of carbonyl (C=O) groups is 2. The lowest BCUT2D eigenvalue weighted by molar-refractivity contribution is -0.123. The van der Waals surface area contributed by atoms with E-state index >= 15 is 0 Å². The van der Waals surface area contributed by atoms with Crippen LogP contribution in [0.3, 0.4) is 0 Å². The van der Waals surface area contributed by atoms with Crippen LogP contribution in [-0.4, -0.2) is 16.8 Å². The van der Waals surface area contributed by atoms with Crippen molar-refractivity contribution >= 4 is 61.5 Å². The second-order valence-electron chi connectivity index (χ2n) is 7.60. The average molecular weight is 591 g/mol. The maximum absolute atomic E-state index is 12.8. The summed E-state index contributed by atoms with van der Waals surface area (Å²) >= 11 is 13.4. The molecule has 0 aromatic heterocycles. The highest BCUT2D eigenvalue weighted by Crippen LogP contribution is 2.36. The number of hydrogen-bond donors (Lipinski definition) is 1. The lowest BCUT2D eigenvalue weighted by Gasteiger charge is -2.12. The largest absolute Gasteiger partial charge is 0.486 e. The van der Waals surface area contributed by atoms with Crippen LogP contribution < -0.4 is 10.1 Å². The molecule has 0 atom stereocenters. The first kappa shape index (κ1) is 23.5. The Kier molecular flexibility index (Phi) is 7.22. The van der Waals surface area contributed by atoms with E-state index in [0.29, 0.717) is 27.4 Å². The van der Waals surface area contributed by atoms with Gasteiger partial charge in [0.25, 0.3) is 5.91 Å². The lowest BCUT2D eigenvalue weighted by atomic mass is 10.1. The molecule has 0 spiro atoms. The number of carbonyl (C=O) groups excluding carboxylic acids is 2. The number of benzene rings is 3. The zero-order valence-corrected chi connectivity index (χ0v) is 21.5. The summed E-state index contributed by atoms with van der Waals surface area (Å²) in [6, 6.07) is 18.5. The first-order valence-corrected chi connectivity index (χ1v) is 12.0. The van der Waals surface area contributed by atoms with Crippen molar-refractivity contribution in [3.63, 3.8) is 0 Å². The maximum atomic E-state index is 12.8. The van der Waals surface area contributed by atoms with Gasteiger partial charge in [-0.1, -0.05) is 69.5 Å². The van der Waals surface area contributed by atoms with Crippen LogP contribution >= 0.6 is 43.5 Å². The van der Waals surface area contributed by atoms with E-state index in [1.54, 1.807) is 18.2 Å². The van der Waals surface area contributed by atoms with Crippen LogP contribution in [-0.2, 0) is 17.9 Å². The molecular weight excluding hydrogens is 572 g/mol. The van der Waals surface area contributed by atoms with Gasteiger partial charge >= 0.3 is 6.03 Å². The highest BCUT2D eigenvalue weighted by molar-refractivity contribution is 9.10. The van der Waals surface area contributed by atoms with E-state index in [2.05, 4.69) is 37.2 Å². The summed E-state index contributed by atoms with van der Waals surface area (Å²) in [6.07, 6.45) is 1.60. The summed E-state index contributed by atoms with van der Waals surface area (Å²) in [5.74, 6) is 0.119. The Morgan fingerprint density at radius 1 is 1.03 bits per heavy atom. The standard InChI is InChI=1S/C25H19Br2ClN2O3/c1-15-3-2-4-17(9-15)13-30-24(31)22(29-25(30)32)12-18-10-20(27)23(21(28)11-18)33-14-16-5-7-19(26)8-6-16/h2-12H,13-14H2,1H3,(H,29,32)/b22-12+. The van der Waals surface area contributed by atoms with E-state index in [9.17, 15) is 9.59 Å². The van der Waals surface area contributed by atoms with Gasteiger partial charge in [0.05, 0.1) is 16.0 Å². The molecule has 0 saturated carbocycles. The molecule has 33 heavy (non-hydrogen) atoms. The number of nitrogens with one attached hydrogen (secondary N) is 1. The van der Waals surface area contributed by atoms with Gasteiger partial charge in [-0.2, -0.15) is 0 Å². The molecule has 0 radical (unpaired) electrons. The van der Waals surface area contributed by atoms with Gasteiger partial charge in [-0.15, -0.1) is 0 Å². The van der Waals surface area contributed by atoms with E-state index < -0.39 is 6.03 Å². The molecule has 3 aromatic carbocycles. The first-order valence-electron chi connectivity index (χ1n) is 10.1. The molecule has 0 aliphatic carbocycles. The minimum atomic E-state index is -0.452. The molecule has 3 amide bonds. The van der Waals surface area contributed by atoms with Crippen molar-refractivity contribution in [1.29, 1.82) is 0 Å². The normalized spacial score (nSPS) is 14.7. The molecule has 1 N–H and O–H groups in total. The smallest absolute Gasteiger partial charge is 0.329 e. The zero-order chi connectivity index (χ0) is 23.5. The van der Waals surface area contributed by atoms with Crippen molar-refractivity contribution in [1.82, 2.24) is 10.2 Å². The minimum absolute atomic E-state index is 0.194. The number of aryl methyl sites for hydroxylation is 1. The SMILES string of the molecule is Cc1cccc(CN2C(=O)N/C(=C/c3cc(Cl)c(OCc4ccc(Br)cc4)c(Br)c3)C2=O)c1. The zero-order valence-electron chi connectivity index (χ0n) is 17.6. The van der Waals surface area contributed by atoms with Crippen LogP contribution in [0.4, 0.5) is 4.79 Å². The van der Waals surface area contributed by atoms with Crippen LogP contribution in [0.1, 0.15) is 22.3 Å². The Bertz CT molecular complexity index is 1240. The second-order valence-corrected chi connectivity index (χ2v) is 9.77. The number of amides is 3. The Balaban J connectivity index is 1.49. The summed E-state index contributed by atoms with van der Waals surface area (Å²) in [7, 11) is 0. The Labute approximate surface area is 213 Å². The predicted octanol–water partition coefficient (Wildman–Crippen LogP) is 6.85. The third-order valence-electron chi connectivity index (χ3n) is 5.01. The van der Waals surface area contributed by atoms with Gasteiger partial charge in [0, 0.05) is 4.47 Å². The molecule has 8 heteroatoms. The lowest BCUT2D eigenvalue weighted by Crippen LogP contribution is -2.30. The molecule has 0 unspecified atom stereocenters. The van der Waals surface area contributed by atoms with E-state index in [-0.39, 0.29) is 18.1 Å². The van der Waals surface area contributed by atoms with Gasteiger partial charge < -0.3 is 10.1 Å². The molecule has 3 aromatic rings. The summed E-state index contributed by atoms with van der Waals surface area (Å²) < 4.78 is 7.53. The monoisotopic (exact) mass is 588 g/mol. The van der Waals surface area contributed by atoms with Crippen molar-refractivity contribution in [2.24, 2.45) is 0 Å². The van der Waals surface area contributed by atoms with Crippen molar-refractivity contribution in [3.8, 4) is 5.75 Å². The maximum Gasteiger partial charge on any atom is 0.329 e. The number of rotatable bonds is 6. The topological polar surface area (TPSA) is 58.6 Å². The quantitative estimate of drug-likeness (QED) is 0.253. The summed E-state index contributed by atoms with van der Waals surface area (Å²) in [4.78, 5) is 26.4. The number of nitrogens with zero attached hydrogens (tertiary/aromatic N) is 1. The van der Waals surface area contributed by atoms with Crippen molar-refractivity contribution in [2.45, 2.75) is 20.1 Å². The number of urea groups is 1. The Morgan fingerprint density at radius 3 is 2.48 bits per heavy atom. The van der Waals surface area contributed by atoms with E-state index in [1.165, 1.54) is 4.90 Å². The Hall–Kier alpha value is -2.61. The molecule has 0 bridgehead atoms. The fourth-order valence-corrected chi connectivity index (χ4v) is 4.66. The number of hydrogen-bond acceptors (Lipinski definition) is 3. The number of ether oxygens (including phenoxy) is 1. The van der Waals surface area contributed by atoms with Crippen LogP contribution in [0, 0.1) is 6.92 Å². The molecule has 4 rings (SSSR count). The molecule has 5 nitrogen and oxygen atoms in total. The third-order valence-corrected chi connectivity index (χ3v) is 6.41. The number of halogens is 3. The summed E-state index contributed by atoms with van der Waals surface area (Å²) in [6.45, 7) is 2.53. The number of imide groups is 1. The molecule has 1 fully saturated rings. The molecule has 1 saturated heterocycles. The van der Waals surface area contributed by atoms with Crippen molar-refractivity contribution < 1.29 is 14.3 Å². The van der Waals surface area contributed by atoms with Crippen LogP contribution in [0.25, 0.3) is 6.08 Å². The van der Waals surface area contributed by atoms with Gasteiger partial charge in [-0.25, -0.2) is 4.79 Å². The molecule has 1 aliphatic rings. The second kappa shape index (κ2) is 10.1. The van der Waals surface area contributed by atoms with Crippen molar-refractivity contribution in [2.75, 3.05) is 0 Å². The average Bonchev–Trinajstić information content (AvgIpc) is 3.02. The summed E-state index contributed by atoms with van der Waals surface area (Å²) in [5.41, 5.74) is 3.80. The predicted molar refractivity (Wildman–Crippen MR) is 136 cm³/mol.